The third kappa shape index (κ3) is 5.05. The SMILES string of the molecule is CC(C)(C)c1nnnn1-c1cc(C(=O)CC(C)(C)C2CC2)cc(-c2ccc(C(F)(F)F)cc2)c1. The van der Waals surface area contributed by atoms with Crippen molar-refractivity contribution in [2.45, 2.75) is 65.5 Å². The van der Waals surface area contributed by atoms with Gasteiger partial charge in [0.25, 0.3) is 0 Å². The summed E-state index contributed by atoms with van der Waals surface area (Å²) in [5, 5.41) is 12.1. The number of hydrogen-bond donors (Lipinski definition) is 0. The molecule has 8 heteroatoms. The minimum atomic E-state index is -4.41. The second-order valence-corrected chi connectivity index (χ2v) is 10.9. The number of halogens is 3. The lowest BCUT2D eigenvalue weighted by Crippen LogP contribution is -2.21. The first-order valence-corrected chi connectivity index (χ1v) is 11.4. The van der Waals surface area contributed by atoms with E-state index in [-0.39, 0.29) is 16.6 Å². The Morgan fingerprint density at radius 1 is 0.971 bits per heavy atom. The van der Waals surface area contributed by atoms with E-state index in [9.17, 15) is 18.0 Å². The van der Waals surface area contributed by atoms with Gasteiger partial charge in [-0.15, -0.1) is 5.10 Å². The molecular formula is C26H29F3N4O. The highest BCUT2D eigenvalue weighted by Gasteiger charge is 2.39. The maximum absolute atomic E-state index is 13.4. The zero-order valence-corrected chi connectivity index (χ0v) is 20.1. The molecular weight excluding hydrogens is 441 g/mol. The number of benzene rings is 2. The van der Waals surface area contributed by atoms with E-state index < -0.39 is 11.7 Å². The van der Waals surface area contributed by atoms with Crippen LogP contribution in [0.1, 0.15) is 75.6 Å². The lowest BCUT2D eigenvalue weighted by atomic mass is 9.80. The molecule has 1 aliphatic carbocycles. The predicted octanol–water partition coefficient (Wildman–Crippen LogP) is 6.65. The van der Waals surface area contributed by atoms with E-state index in [0.29, 0.717) is 40.5 Å². The van der Waals surface area contributed by atoms with Crippen LogP contribution < -0.4 is 0 Å². The van der Waals surface area contributed by atoms with Gasteiger partial charge in [0.05, 0.1) is 11.3 Å². The number of nitrogens with zero attached hydrogens (tertiary/aromatic N) is 4. The van der Waals surface area contributed by atoms with Gasteiger partial charge in [-0.2, -0.15) is 17.9 Å². The molecule has 1 heterocycles. The van der Waals surface area contributed by atoms with Crippen molar-refractivity contribution < 1.29 is 18.0 Å². The minimum Gasteiger partial charge on any atom is -0.294 e. The molecule has 4 rings (SSSR count). The molecule has 0 radical (unpaired) electrons. The first kappa shape index (κ1) is 24.1. The third-order valence-corrected chi connectivity index (χ3v) is 6.47. The molecule has 0 saturated heterocycles. The van der Waals surface area contributed by atoms with Crippen molar-refractivity contribution >= 4 is 5.78 Å². The molecule has 1 fully saturated rings. The van der Waals surface area contributed by atoms with Crippen LogP contribution in [0.4, 0.5) is 13.2 Å². The van der Waals surface area contributed by atoms with Gasteiger partial charge < -0.3 is 0 Å². The zero-order chi connectivity index (χ0) is 24.9. The van der Waals surface area contributed by atoms with Crippen LogP contribution in [-0.2, 0) is 11.6 Å². The maximum atomic E-state index is 13.4. The van der Waals surface area contributed by atoms with Gasteiger partial charge >= 0.3 is 6.18 Å². The summed E-state index contributed by atoms with van der Waals surface area (Å²) >= 11 is 0. The number of ketones is 1. The van der Waals surface area contributed by atoms with Crippen LogP contribution in [-0.4, -0.2) is 26.0 Å². The van der Waals surface area contributed by atoms with Crippen LogP contribution >= 0.6 is 0 Å². The van der Waals surface area contributed by atoms with E-state index in [1.807, 2.05) is 20.8 Å². The van der Waals surface area contributed by atoms with E-state index in [0.717, 1.165) is 25.0 Å². The fourth-order valence-corrected chi connectivity index (χ4v) is 4.27. The van der Waals surface area contributed by atoms with Crippen molar-refractivity contribution in [3.8, 4) is 16.8 Å². The number of aromatic nitrogens is 4. The molecule has 1 aliphatic rings. The molecule has 34 heavy (non-hydrogen) atoms. The summed E-state index contributed by atoms with van der Waals surface area (Å²) in [4.78, 5) is 13.4. The van der Waals surface area contributed by atoms with Crippen molar-refractivity contribution in [2.75, 3.05) is 0 Å². The summed E-state index contributed by atoms with van der Waals surface area (Å²) in [6.07, 6.45) is -1.74. The van der Waals surface area contributed by atoms with Crippen molar-refractivity contribution in [1.82, 2.24) is 20.2 Å². The van der Waals surface area contributed by atoms with E-state index in [2.05, 4.69) is 29.4 Å². The van der Waals surface area contributed by atoms with E-state index in [1.165, 1.54) is 12.1 Å². The third-order valence-electron chi connectivity index (χ3n) is 6.47. The molecule has 1 saturated carbocycles. The van der Waals surface area contributed by atoms with Crippen molar-refractivity contribution in [2.24, 2.45) is 11.3 Å². The fourth-order valence-electron chi connectivity index (χ4n) is 4.27. The molecule has 0 aliphatic heterocycles. The fraction of sp³-hybridized carbons (Fsp3) is 0.462. The highest BCUT2D eigenvalue weighted by atomic mass is 19.4. The van der Waals surface area contributed by atoms with Crippen LogP contribution in [0.2, 0.25) is 0 Å². The largest absolute Gasteiger partial charge is 0.416 e. The zero-order valence-electron chi connectivity index (χ0n) is 20.1. The number of hydrogen-bond acceptors (Lipinski definition) is 4. The lowest BCUT2D eigenvalue weighted by molar-refractivity contribution is -0.137. The highest BCUT2D eigenvalue weighted by molar-refractivity contribution is 5.98. The van der Waals surface area contributed by atoms with E-state index >= 15 is 0 Å². The summed E-state index contributed by atoms with van der Waals surface area (Å²) in [5.41, 5.74) is 1.13. The Labute approximate surface area is 197 Å². The Kier molecular flexibility index (Phi) is 5.90. The average molecular weight is 471 g/mol. The smallest absolute Gasteiger partial charge is 0.294 e. The van der Waals surface area contributed by atoms with Gasteiger partial charge in [0.15, 0.2) is 11.6 Å². The molecule has 2 aromatic carbocycles. The number of alkyl halides is 3. The summed E-state index contributed by atoms with van der Waals surface area (Å²) in [6.45, 7) is 10.2. The molecule has 0 spiro atoms. The summed E-state index contributed by atoms with van der Waals surface area (Å²) < 4.78 is 40.8. The molecule has 0 bridgehead atoms. The minimum absolute atomic E-state index is 0.00250. The second-order valence-electron chi connectivity index (χ2n) is 10.9. The maximum Gasteiger partial charge on any atom is 0.416 e. The van der Waals surface area contributed by atoms with Gasteiger partial charge in [-0.25, -0.2) is 0 Å². The van der Waals surface area contributed by atoms with Crippen LogP contribution in [0.5, 0.6) is 0 Å². The monoisotopic (exact) mass is 470 g/mol. The van der Waals surface area contributed by atoms with Gasteiger partial charge in [-0.3, -0.25) is 4.79 Å². The number of tetrazole rings is 1. The molecule has 180 valence electrons. The van der Waals surface area contributed by atoms with Crippen molar-refractivity contribution in [3.63, 3.8) is 0 Å². The van der Waals surface area contributed by atoms with E-state index in [4.69, 9.17) is 0 Å². The standard InChI is InChI=1S/C26H29F3N4O/c1-24(2,3)23-30-31-32-33(23)21-13-17(16-6-8-20(9-7-16)26(27,28)29)12-18(14-21)22(34)15-25(4,5)19-10-11-19/h6-9,12-14,19H,10-11,15H2,1-5H3. The van der Waals surface area contributed by atoms with Crippen LogP contribution in [0.3, 0.4) is 0 Å². The predicted molar refractivity (Wildman–Crippen MR) is 124 cm³/mol. The Balaban J connectivity index is 1.80. The Morgan fingerprint density at radius 2 is 1.62 bits per heavy atom. The van der Waals surface area contributed by atoms with Gasteiger partial charge in [0, 0.05) is 17.4 Å². The van der Waals surface area contributed by atoms with Crippen LogP contribution in [0.15, 0.2) is 42.5 Å². The van der Waals surface area contributed by atoms with Crippen molar-refractivity contribution in [1.29, 1.82) is 0 Å². The first-order chi connectivity index (χ1) is 15.8. The average Bonchev–Trinajstić information content (AvgIpc) is 3.49. The Morgan fingerprint density at radius 3 is 2.18 bits per heavy atom. The van der Waals surface area contributed by atoms with Crippen LogP contribution in [0, 0.1) is 11.3 Å². The van der Waals surface area contributed by atoms with Gasteiger partial charge in [-0.1, -0.05) is 46.8 Å². The second kappa shape index (κ2) is 8.32. The number of carbonyl (C=O) groups is 1. The molecule has 1 aromatic heterocycles. The molecule has 0 atom stereocenters. The van der Waals surface area contributed by atoms with Crippen molar-refractivity contribution in [3.05, 3.63) is 59.4 Å². The van der Waals surface area contributed by atoms with Gasteiger partial charge in [0.1, 0.15) is 0 Å². The highest BCUT2D eigenvalue weighted by Crippen LogP contribution is 2.47. The molecule has 5 nitrogen and oxygen atoms in total. The number of rotatable bonds is 6. The summed E-state index contributed by atoms with van der Waals surface area (Å²) in [6, 6.07) is 10.3. The summed E-state index contributed by atoms with van der Waals surface area (Å²) in [5.74, 6) is 1.16. The van der Waals surface area contributed by atoms with Gasteiger partial charge in [-0.05, 0) is 76.1 Å². The quantitative estimate of drug-likeness (QED) is 0.378. The van der Waals surface area contributed by atoms with Crippen LogP contribution in [0.25, 0.3) is 16.8 Å². The van der Waals surface area contributed by atoms with E-state index in [1.54, 1.807) is 22.9 Å². The molecule has 0 unspecified atom stereocenters. The number of carbonyl (C=O) groups excluding carboxylic acids is 1. The number of Topliss-reactive ketones (excluding diaryl/α,β-unsaturated/α-hetero) is 1. The molecule has 0 amide bonds. The summed E-state index contributed by atoms with van der Waals surface area (Å²) in [7, 11) is 0. The molecule has 3 aromatic rings. The topological polar surface area (TPSA) is 60.7 Å². The lowest BCUT2D eigenvalue weighted by Gasteiger charge is -2.23. The Bertz CT molecular complexity index is 1200. The normalized spacial score (nSPS) is 14.9. The Hall–Kier alpha value is -3.03. The first-order valence-electron chi connectivity index (χ1n) is 11.4. The molecule has 0 N–H and O–H groups in total. The van der Waals surface area contributed by atoms with Gasteiger partial charge in [0.2, 0.25) is 0 Å².